The first-order valence-corrected chi connectivity index (χ1v) is 5.32. The van der Waals surface area contributed by atoms with Gasteiger partial charge in [-0.05, 0) is 18.6 Å². The Labute approximate surface area is 94.5 Å². The molecular weight excluding hydrogens is 202 g/mol. The zero-order valence-corrected chi connectivity index (χ0v) is 8.94. The van der Waals surface area contributed by atoms with Crippen molar-refractivity contribution < 1.29 is 4.79 Å². The number of unbranched alkanes of at least 4 members (excludes halogenated alkanes) is 1. The standard InChI is InChI=1S/C12H13N3O/c13-7-3-4-8-15-9-12(16)14-10-5-1-2-6-11(10)15/h1-2,5-6H,3-4,8-9H2,(H,14,16). The summed E-state index contributed by atoms with van der Waals surface area (Å²) >= 11 is 0. The van der Waals surface area contributed by atoms with Gasteiger partial charge in [0.1, 0.15) is 0 Å². The number of fused-ring (bicyclic) bond motifs is 1. The Morgan fingerprint density at radius 3 is 3.06 bits per heavy atom. The molecule has 1 aliphatic heterocycles. The molecule has 16 heavy (non-hydrogen) atoms. The van der Waals surface area contributed by atoms with Crippen molar-refractivity contribution in [1.29, 1.82) is 5.26 Å². The van der Waals surface area contributed by atoms with Crippen molar-refractivity contribution >= 4 is 17.3 Å². The van der Waals surface area contributed by atoms with E-state index < -0.39 is 0 Å². The molecule has 0 spiro atoms. The van der Waals surface area contributed by atoms with Crippen LogP contribution in [0.2, 0.25) is 0 Å². The maximum atomic E-state index is 11.5. The fraction of sp³-hybridized carbons (Fsp3) is 0.333. The average molecular weight is 215 g/mol. The smallest absolute Gasteiger partial charge is 0.243 e. The van der Waals surface area contributed by atoms with E-state index in [9.17, 15) is 4.79 Å². The van der Waals surface area contributed by atoms with E-state index >= 15 is 0 Å². The van der Waals surface area contributed by atoms with Crippen molar-refractivity contribution in [3.63, 3.8) is 0 Å². The maximum absolute atomic E-state index is 11.5. The van der Waals surface area contributed by atoms with Gasteiger partial charge in [-0.1, -0.05) is 12.1 Å². The maximum Gasteiger partial charge on any atom is 0.243 e. The van der Waals surface area contributed by atoms with Gasteiger partial charge in [0, 0.05) is 13.0 Å². The molecule has 1 amide bonds. The molecule has 4 heteroatoms. The van der Waals surface area contributed by atoms with Gasteiger partial charge in [0.15, 0.2) is 0 Å². The number of para-hydroxylation sites is 2. The van der Waals surface area contributed by atoms with Crippen molar-refractivity contribution in [2.24, 2.45) is 0 Å². The first kappa shape index (κ1) is 10.5. The summed E-state index contributed by atoms with van der Waals surface area (Å²) in [5, 5.41) is 11.3. The molecule has 0 atom stereocenters. The van der Waals surface area contributed by atoms with Crippen LogP contribution in [-0.2, 0) is 4.79 Å². The van der Waals surface area contributed by atoms with Gasteiger partial charge >= 0.3 is 0 Å². The highest BCUT2D eigenvalue weighted by Gasteiger charge is 2.20. The molecule has 1 aromatic rings. The Balaban J connectivity index is 2.14. The van der Waals surface area contributed by atoms with Crippen LogP contribution >= 0.6 is 0 Å². The molecule has 0 bridgehead atoms. The molecular formula is C12H13N3O. The van der Waals surface area contributed by atoms with Crippen molar-refractivity contribution in [2.75, 3.05) is 23.3 Å². The lowest BCUT2D eigenvalue weighted by Gasteiger charge is -2.30. The molecule has 1 heterocycles. The zero-order chi connectivity index (χ0) is 11.4. The number of carbonyl (C=O) groups excluding carboxylic acids is 1. The first-order chi connectivity index (χ1) is 7.81. The van der Waals surface area contributed by atoms with E-state index in [-0.39, 0.29) is 5.91 Å². The minimum atomic E-state index is 0.00987. The van der Waals surface area contributed by atoms with Gasteiger partial charge in [-0.2, -0.15) is 5.26 Å². The third-order valence-corrected chi connectivity index (χ3v) is 2.57. The van der Waals surface area contributed by atoms with Crippen molar-refractivity contribution in [3.8, 4) is 6.07 Å². The number of carbonyl (C=O) groups is 1. The SMILES string of the molecule is N#CCCCN1CC(=O)Nc2ccccc21. The van der Waals surface area contributed by atoms with Crippen LogP contribution in [0, 0.1) is 11.3 Å². The molecule has 0 unspecified atom stereocenters. The molecule has 0 saturated carbocycles. The van der Waals surface area contributed by atoms with Crippen LogP contribution in [0.15, 0.2) is 24.3 Å². The highest BCUT2D eigenvalue weighted by atomic mass is 16.2. The zero-order valence-electron chi connectivity index (χ0n) is 8.94. The second kappa shape index (κ2) is 4.67. The number of hydrogen-bond donors (Lipinski definition) is 1. The molecule has 0 fully saturated rings. The third-order valence-electron chi connectivity index (χ3n) is 2.57. The molecule has 1 aliphatic rings. The number of amides is 1. The number of anilines is 2. The summed E-state index contributed by atoms with van der Waals surface area (Å²) in [4.78, 5) is 13.5. The number of nitrogens with one attached hydrogen (secondary N) is 1. The quantitative estimate of drug-likeness (QED) is 0.781. The third kappa shape index (κ3) is 2.14. The van der Waals surface area contributed by atoms with Crippen molar-refractivity contribution in [2.45, 2.75) is 12.8 Å². The first-order valence-electron chi connectivity index (χ1n) is 5.32. The van der Waals surface area contributed by atoms with Gasteiger partial charge in [0.2, 0.25) is 5.91 Å². The fourth-order valence-corrected chi connectivity index (χ4v) is 1.85. The number of rotatable bonds is 3. The number of benzene rings is 1. The van der Waals surface area contributed by atoms with Gasteiger partial charge in [0.05, 0.1) is 24.0 Å². The summed E-state index contributed by atoms with van der Waals surface area (Å²) in [6.45, 7) is 1.13. The van der Waals surface area contributed by atoms with E-state index in [1.165, 1.54) is 0 Å². The van der Waals surface area contributed by atoms with Crippen LogP contribution in [0.25, 0.3) is 0 Å². The van der Waals surface area contributed by atoms with E-state index in [4.69, 9.17) is 5.26 Å². The van der Waals surface area contributed by atoms with Crippen LogP contribution in [-0.4, -0.2) is 19.0 Å². The number of nitrogens with zero attached hydrogens (tertiary/aromatic N) is 2. The largest absolute Gasteiger partial charge is 0.360 e. The van der Waals surface area contributed by atoms with Crippen LogP contribution in [0.3, 0.4) is 0 Å². The van der Waals surface area contributed by atoms with Crippen molar-refractivity contribution in [3.05, 3.63) is 24.3 Å². The molecule has 4 nitrogen and oxygen atoms in total. The van der Waals surface area contributed by atoms with Gasteiger partial charge < -0.3 is 10.2 Å². The van der Waals surface area contributed by atoms with Crippen molar-refractivity contribution in [1.82, 2.24) is 0 Å². The number of nitriles is 1. The summed E-state index contributed by atoms with van der Waals surface area (Å²) < 4.78 is 0. The molecule has 1 aromatic carbocycles. The predicted octanol–water partition coefficient (Wildman–Crippen LogP) is 1.75. The lowest BCUT2D eigenvalue weighted by Crippen LogP contribution is -2.38. The summed E-state index contributed by atoms with van der Waals surface area (Å²) in [6.07, 6.45) is 1.32. The lowest BCUT2D eigenvalue weighted by molar-refractivity contribution is -0.115. The molecule has 1 N–H and O–H groups in total. The highest BCUT2D eigenvalue weighted by Crippen LogP contribution is 2.28. The number of hydrogen-bond acceptors (Lipinski definition) is 3. The summed E-state index contributed by atoms with van der Waals surface area (Å²) in [7, 11) is 0. The van der Waals surface area contributed by atoms with E-state index in [0.29, 0.717) is 13.0 Å². The van der Waals surface area contributed by atoms with Gasteiger partial charge in [-0.3, -0.25) is 4.79 Å². The summed E-state index contributed by atoms with van der Waals surface area (Å²) in [6, 6.07) is 9.85. The van der Waals surface area contributed by atoms with E-state index in [1.807, 2.05) is 29.2 Å². The monoisotopic (exact) mass is 215 g/mol. The molecule has 0 aromatic heterocycles. The lowest BCUT2D eigenvalue weighted by atomic mass is 10.2. The molecule has 0 aliphatic carbocycles. The van der Waals surface area contributed by atoms with Gasteiger partial charge in [-0.15, -0.1) is 0 Å². The molecule has 0 radical (unpaired) electrons. The van der Waals surface area contributed by atoms with Crippen LogP contribution < -0.4 is 10.2 Å². The van der Waals surface area contributed by atoms with E-state index in [0.717, 1.165) is 24.3 Å². The molecule has 82 valence electrons. The minimum absolute atomic E-state index is 0.00987. The summed E-state index contributed by atoms with van der Waals surface area (Å²) in [5.74, 6) is 0.00987. The average Bonchev–Trinajstić information content (AvgIpc) is 2.29. The van der Waals surface area contributed by atoms with Crippen LogP contribution in [0.4, 0.5) is 11.4 Å². The van der Waals surface area contributed by atoms with Gasteiger partial charge in [0.25, 0.3) is 0 Å². The minimum Gasteiger partial charge on any atom is -0.360 e. The normalized spacial score (nSPS) is 13.9. The molecule has 2 rings (SSSR count). The topological polar surface area (TPSA) is 56.1 Å². The Morgan fingerprint density at radius 1 is 1.44 bits per heavy atom. The second-order valence-electron chi connectivity index (χ2n) is 3.75. The fourth-order valence-electron chi connectivity index (χ4n) is 1.85. The van der Waals surface area contributed by atoms with E-state index in [2.05, 4.69) is 11.4 Å². The predicted molar refractivity (Wildman–Crippen MR) is 62.1 cm³/mol. The second-order valence-corrected chi connectivity index (χ2v) is 3.75. The van der Waals surface area contributed by atoms with Crippen LogP contribution in [0.1, 0.15) is 12.8 Å². The Hall–Kier alpha value is -2.02. The molecule has 0 saturated heterocycles. The Morgan fingerprint density at radius 2 is 2.25 bits per heavy atom. The Kier molecular flexibility index (Phi) is 3.06. The Bertz CT molecular complexity index is 436. The summed E-state index contributed by atoms with van der Waals surface area (Å²) in [5.41, 5.74) is 1.90. The van der Waals surface area contributed by atoms with Crippen LogP contribution in [0.5, 0.6) is 0 Å². The highest BCUT2D eigenvalue weighted by molar-refractivity contribution is 6.01. The van der Waals surface area contributed by atoms with E-state index in [1.54, 1.807) is 0 Å². The van der Waals surface area contributed by atoms with Gasteiger partial charge in [-0.25, -0.2) is 0 Å².